The Balaban J connectivity index is 1.44. The zero-order valence-electron chi connectivity index (χ0n) is 15.9. The Kier molecular flexibility index (Phi) is 5.79. The van der Waals surface area contributed by atoms with Crippen molar-refractivity contribution in [2.24, 2.45) is 0 Å². The van der Waals surface area contributed by atoms with E-state index in [1.807, 2.05) is 60.7 Å². The van der Waals surface area contributed by atoms with Crippen LogP contribution >= 0.6 is 24.0 Å². The Hall–Kier alpha value is -2.89. The lowest BCUT2D eigenvalue weighted by Gasteiger charge is -2.13. The van der Waals surface area contributed by atoms with Crippen molar-refractivity contribution in [3.05, 3.63) is 100 Å². The highest BCUT2D eigenvalue weighted by Gasteiger charge is 2.33. The molecule has 0 spiro atoms. The quantitative estimate of drug-likeness (QED) is 0.377. The average Bonchev–Trinajstić information content (AvgIpc) is 3.02. The van der Waals surface area contributed by atoms with Gasteiger partial charge < -0.3 is 4.74 Å². The van der Waals surface area contributed by atoms with Gasteiger partial charge >= 0.3 is 0 Å². The van der Waals surface area contributed by atoms with E-state index < -0.39 is 0 Å². The van der Waals surface area contributed by atoms with Gasteiger partial charge in [0.05, 0.1) is 10.6 Å². The van der Waals surface area contributed by atoms with Crippen molar-refractivity contribution >= 4 is 46.0 Å². The third-order valence-electron chi connectivity index (χ3n) is 4.51. The minimum absolute atomic E-state index is 0.0918. The van der Waals surface area contributed by atoms with Crippen LogP contribution in [0.4, 0.5) is 5.69 Å². The number of thioether (sulfide) groups is 1. The summed E-state index contributed by atoms with van der Waals surface area (Å²) in [5.41, 5.74) is 4.08. The molecule has 1 heterocycles. The summed E-state index contributed by atoms with van der Waals surface area (Å²) in [7, 11) is 0. The lowest BCUT2D eigenvalue weighted by atomic mass is 10.1. The molecule has 1 aliphatic rings. The summed E-state index contributed by atoms with van der Waals surface area (Å²) >= 11 is 6.73. The molecule has 0 aliphatic carbocycles. The first-order valence-electron chi connectivity index (χ1n) is 9.21. The van der Waals surface area contributed by atoms with Crippen LogP contribution in [-0.2, 0) is 11.4 Å². The number of hydrogen-bond acceptors (Lipinski definition) is 4. The Morgan fingerprint density at radius 1 is 0.966 bits per heavy atom. The standard InChI is InChI=1S/C24H19NO2S2/c1-17-7-9-19(10-8-17)16-27-21-13-11-18(12-14-21)15-22-23(26)25(24(28)29-22)20-5-3-2-4-6-20/h2-15H,16H2,1H3/b22-15+. The van der Waals surface area contributed by atoms with E-state index in [4.69, 9.17) is 17.0 Å². The molecule has 0 unspecified atom stereocenters. The minimum atomic E-state index is -0.0918. The van der Waals surface area contributed by atoms with E-state index in [2.05, 4.69) is 31.2 Å². The van der Waals surface area contributed by atoms with Gasteiger partial charge in [-0.05, 0) is 48.4 Å². The van der Waals surface area contributed by atoms with Crippen LogP contribution in [0.3, 0.4) is 0 Å². The number of anilines is 1. The molecule has 3 aromatic rings. The Labute approximate surface area is 180 Å². The van der Waals surface area contributed by atoms with Gasteiger partial charge in [-0.3, -0.25) is 9.69 Å². The molecule has 144 valence electrons. The maximum atomic E-state index is 12.8. The number of thiocarbonyl (C=S) groups is 1. The molecule has 0 atom stereocenters. The predicted octanol–water partition coefficient (Wildman–Crippen LogP) is 5.98. The fourth-order valence-electron chi connectivity index (χ4n) is 2.93. The van der Waals surface area contributed by atoms with Gasteiger partial charge in [0.1, 0.15) is 12.4 Å². The van der Waals surface area contributed by atoms with E-state index in [0.29, 0.717) is 15.8 Å². The second-order valence-corrected chi connectivity index (χ2v) is 8.37. The molecule has 0 radical (unpaired) electrons. The first-order valence-corrected chi connectivity index (χ1v) is 10.4. The maximum Gasteiger partial charge on any atom is 0.270 e. The van der Waals surface area contributed by atoms with Gasteiger partial charge in [0.2, 0.25) is 0 Å². The molecule has 0 saturated carbocycles. The smallest absolute Gasteiger partial charge is 0.270 e. The van der Waals surface area contributed by atoms with Gasteiger partial charge in [-0.2, -0.15) is 0 Å². The lowest BCUT2D eigenvalue weighted by molar-refractivity contribution is -0.113. The van der Waals surface area contributed by atoms with Crippen LogP contribution in [0.15, 0.2) is 83.8 Å². The van der Waals surface area contributed by atoms with Gasteiger partial charge in [-0.25, -0.2) is 0 Å². The molecule has 0 N–H and O–H groups in total. The summed E-state index contributed by atoms with van der Waals surface area (Å²) in [5, 5.41) is 0. The summed E-state index contributed by atoms with van der Waals surface area (Å²) in [5.74, 6) is 0.699. The van der Waals surface area contributed by atoms with Gasteiger partial charge in [0.25, 0.3) is 5.91 Å². The summed E-state index contributed by atoms with van der Waals surface area (Å²) in [6.07, 6.45) is 1.87. The van der Waals surface area contributed by atoms with Crippen molar-refractivity contribution in [2.75, 3.05) is 4.90 Å². The number of amides is 1. The van der Waals surface area contributed by atoms with E-state index >= 15 is 0 Å². The predicted molar refractivity (Wildman–Crippen MR) is 124 cm³/mol. The van der Waals surface area contributed by atoms with Crippen LogP contribution < -0.4 is 9.64 Å². The van der Waals surface area contributed by atoms with Gasteiger partial charge in [0, 0.05) is 0 Å². The van der Waals surface area contributed by atoms with Gasteiger partial charge in [0.15, 0.2) is 4.32 Å². The lowest BCUT2D eigenvalue weighted by Crippen LogP contribution is -2.27. The molecule has 1 fully saturated rings. The third kappa shape index (κ3) is 4.58. The van der Waals surface area contributed by atoms with Gasteiger partial charge in [-0.15, -0.1) is 0 Å². The SMILES string of the molecule is Cc1ccc(COc2ccc(/C=C3/SC(=S)N(c4ccccc4)C3=O)cc2)cc1. The van der Waals surface area contributed by atoms with E-state index in [1.165, 1.54) is 17.3 Å². The minimum Gasteiger partial charge on any atom is -0.489 e. The summed E-state index contributed by atoms with van der Waals surface area (Å²) in [4.78, 5) is 15.0. The summed E-state index contributed by atoms with van der Waals surface area (Å²) in [6, 6.07) is 25.5. The number of para-hydroxylation sites is 1. The molecule has 3 aromatic carbocycles. The molecule has 0 bridgehead atoms. The molecular weight excluding hydrogens is 398 g/mol. The van der Waals surface area contributed by atoms with Crippen molar-refractivity contribution in [3.63, 3.8) is 0 Å². The first kappa shape index (κ1) is 19.4. The van der Waals surface area contributed by atoms with Gasteiger partial charge in [-0.1, -0.05) is 84.1 Å². The second kappa shape index (κ2) is 8.64. The monoisotopic (exact) mass is 417 g/mol. The molecule has 1 saturated heterocycles. The number of benzene rings is 3. The van der Waals surface area contributed by atoms with E-state index in [-0.39, 0.29) is 5.91 Å². The largest absolute Gasteiger partial charge is 0.489 e. The van der Waals surface area contributed by atoms with E-state index in [1.54, 1.807) is 4.90 Å². The van der Waals surface area contributed by atoms with Crippen LogP contribution in [0.25, 0.3) is 6.08 Å². The summed E-state index contributed by atoms with van der Waals surface area (Å²) in [6.45, 7) is 2.59. The number of rotatable bonds is 5. The fraction of sp³-hybridized carbons (Fsp3) is 0.0833. The molecular formula is C24H19NO2S2. The second-order valence-electron chi connectivity index (χ2n) is 6.70. The fourth-order valence-corrected chi connectivity index (χ4v) is 4.23. The molecule has 5 heteroatoms. The van der Waals surface area contributed by atoms with Crippen molar-refractivity contribution in [1.29, 1.82) is 0 Å². The Morgan fingerprint density at radius 3 is 2.34 bits per heavy atom. The Morgan fingerprint density at radius 2 is 1.66 bits per heavy atom. The first-order chi connectivity index (χ1) is 14.1. The molecule has 4 rings (SSSR count). The molecule has 3 nitrogen and oxygen atoms in total. The van der Waals surface area contributed by atoms with Crippen molar-refractivity contribution < 1.29 is 9.53 Å². The highest BCUT2D eigenvalue weighted by atomic mass is 32.2. The van der Waals surface area contributed by atoms with Crippen molar-refractivity contribution in [2.45, 2.75) is 13.5 Å². The van der Waals surface area contributed by atoms with Crippen LogP contribution in [0, 0.1) is 6.92 Å². The third-order valence-corrected chi connectivity index (χ3v) is 5.81. The zero-order valence-corrected chi connectivity index (χ0v) is 17.5. The van der Waals surface area contributed by atoms with E-state index in [9.17, 15) is 4.79 Å². The molecule has 0 aromatic heterocycles. The number of hydrogen-bond donors (Lipinski definition) is 0. The summed E-state index contributed by atoms with van der Waals surface area (Å²) < 4.78 is 6.39. The molecule has 1 aliphatic heterocycles. The highest BCUT2D eigenvalue weighted by Crippen LogP contribution is 2.36. The van der Waals surface area contributed by atoms with Crippen LogP contribution in [-0.4, -0.2) is 10.2 Å². The van der Waals surface area contributed by atoms with Crippen molar-refractivity contribution in [3.8, 4) is 5.75 Å². The number of aryl methyl sites for hydroxylation is 1. The number of ether oxygens (including phenoxy) is 1. The Bertz CT molecular complexity index is 1060. The van der Waals surface area contributed by atoms with Crippen molar-refractivity contribution in [1.82, 2.24) is 0 Å². The highest BCUT2D eigenvalue weighted by molar-refractivity contribution is 8.27. The number of carbonyl (C=O) groups excluding carboxylic acids is 1. The van der Waals surface area contributed by atoms with Crippen LogP contribution in [0.1, 0.15) is 16.7 Å². The normalized spacial score (nSPS) is 15.2. The van der Waals surface area contributed by atoms with E-state index in [0.717, 1.165) is 22.6 Å². The number of carbonyl (C=O) groups is 1. The van der Waals surface area contributed by atoms with Crippen LogP contribution in [0.5, 0.6) is 5.75 Å². The zero-order chi connectivity index (χ0) is 20.2. The number of nitrogens with zero attached hydrogens (tertiary/aromatic N) is 1. The molecule has 29 heavy (non-hydrogen) atoms. The topological polar surface area (TPSA) is 29.5 Å². The molecule has 1 amide bonds. The maximum absolute atomic E-state index is 12.8. The van der Waals surface area contributed by atoms with Crippen LogP contribution in [0.2, 0.25) is 0 Å². The average molecular weight is 418 g/mol.